The van der Waals surface area contributed by atoms with Crippen molar-refractivity contribution in [1.82, 2.24) is 10.2 Å². The number of hydrogen-bond donors (Lipinski definition) is 2. The van der Waals surface area contributed by atoms with Crippen LogP contribution in [0.15, 0.2) is 18.3 Å². The van der Waals surface area contributed by atoms with Gasteiger partial charge in [-0.25, -0.2) is 0 Å². The first-order valence-electron chi connectivity index (χ1n) is 4.30. The van der Waals surface area contributed by atoms with Crippen molar-refractivity contribution in [2.45, 2.75) is 26.4 Å². The smallest absolute Gasteiger partial charge is 0.119 e. The van der Waals surface area contributed by atoms with E-state index in [1.54, 1.807) is 5.17 Å². The molecule has 1 rings (SSSR count). The van der Waals surface area contributed by atoms with Crippen LogP contribution in [-0.4, -0.2) is 22.8 Å². The van der Waals surface area contributed by atoms with E-state index in [0.717, 1.165) is 5.82 Å². The first-order valence-corrected chi connectivity index (χ1v) is 4.30. The quantitative estimate of drug-likeness (QED) is 0.704. The molecule has 1 heterocycles. The number of aromatic amines is 1. The van der Waals surface area contributed by atoms with Crippen LogP contribution >= 0.6 is 0 Å². The van der Waals surface area contributed by atoms with Gasteiger partial charge in [-0.05, 0) is 32.9 Å². The van der Waals surface area contributed by atoms with E-state index in [1.165, 1.54) is 0 Å². The lowest BCUT2D eigenvalue weighted by molar-refractivity contribution is -0.199. The summed E-state index contributed by atoms with van der Waals surface area (Å²) in [5.74, 6) is 0.909. The average Bonchev–Trinajstić information content (AvgIpc) is 2.34. The molecule has 0 bridgehead atoms. The molecule has 4 nitrogen and oxygen atoms in total. The molecule has 0 saturated carbocycles. The molecule has 0 atom stereocenters. The lowest BCUT2D eigenvalue weighted by atomic mass is 10.2. The van der Waals surface area contributed by atoms with Gasteiger partial charge in [0.25, 0.3) is 0 Å². The molecular weight excluding hydrogens is 166 g/mol. The monoisotopic (exact) mass is 183 g/mol. The van der Waals surface area contributed by atoms with Gasteiger partial charge in [-0.3, -0.25) is 10.3 Å². The summed E-state index contributed by atoms with van der Waals surface area (Å²) < 4.78 is 0. The van der Waals surface area contributed by atoms with Crippen molar-refractivity contribution in [3.05, 3.63) is 18.3 Å². The van der Waals surface area contributed by atoms with Gasteiger partial charge >= 0.3 is 0 Å². The van der Waals surface area contributed by atoms with Crippen molar-refractivity contribution in [3.8, 4) is 0 Å². The van der Waals surface area contributed by atoms with Gasteiger partial charge in [0.2, 0.25) is 0 Å². The highest BCUT2D eigenvalue weighted by atomic mass is 16.7. The van der Waals surface area contributed by atoms with Gasteiger partial charge < -0.3 is 4.98 Å². The Labute approximate surface area is 78.8 Å². The largest absolute Gasteiger partial charge is 0.347 e. The van der Waals surface area contributed by atoms with Crippen molar-refractivity contribution in [2.24, 2.45) is 0 Å². The summed E-state index contributed by atoms with van der Waals surface area (Å²) in [6.45, 7) is 6.00. The molecule has 0 aliphatic heterocycles. The Morgan fingerprint density at radius 3 is 2.62 bits per heavy atom. The van der Waals surface area contributed by atoms with E-state index in [1.807, 2.05) is 46.1 Å². The second-order valence-electron chi connectivity index (χ2n) is 3.90. The molecule has 2 N–H and O–H groups in total. The van der Waals surface area contributed by atoms with Crippen LogP contribution < -0.4 is 5.43 Å². The number of rotatable bonds is 3. The maximum atomic E-state index is 5.51. The van der Waals surface area contributed by atoms with Crippen molar-refractivity contribution < 1.29 is 4.84 Å². The number of hydrogen-bond acceptors (Lipinski definition) is 3. The first-order chi connectivity index (χ1) is 5.97. The lowest BCUT2D eigenvalue weighted by Crippen LogP contribution is -2.34. The Hall–Kier alpha value is -1.00. The van der Waals surface area contributed by atoms with Crippen LogP contribution in [0.25, 0.3) is 0 Å². The Bertz CT molecular complexity index is 238. The Morgan fingerprint density at radius 1 is 1.46 bits per heavy atom. The zero-order valence-electron chi connectivity index (χ0n) is 8.59. The number of nitrogens with zero attached hydrogens (tertiary/aromatic N) is 1. The molecule has 13 heavy (non-hydrogen) atoms. The number of hydrazine groups is 1. The first kappa shape index (κ1) is 10.1. The summed E-state index contributed by atoms with van der Waals surface area (Å²) in [5, 5.41) is 1.59. The summed E-state index contributed by atoms with van der Waals surface area (Å²) in [5.41, 5.74) is 2.85. The van der Waals surface area contributed by atoms with Crippen molar-refractivity contribution in [1.29, 1.82) is 0 Å². The molecule has 1 aromatic rings. The van der Waals surface area contributed by atoms with Gasteiger partial charge in [-0.1, -0.05) is 0 Å². The van der Waals surface area contributed by atoms with E-state index < -0.39 is 0 Å². The number of anilines is 1. The molecule has 74 valence electrons. The van der Waals surface area contributed by atoms with Gasteiger partial charge in [0.1, 0.15) is 5.82 Å². The molecule has 0 unspecified atom stereocenters. The minimum atomic E-state index is -0.186. The van der Waals surface area contributed by atoms with E-state index in [2.05, 4.69) is 10.4 Å². The van der Waals surface area contributed by atoms with Crippen molar-refractivity contribution in [2.75, 3.05) is 12.5 Å². The summed E-state index contributed by atoms with van der Waals surface area (Å²) in [4.78, 5) is 8.53. The third-order valence-electron chi connectivity index (χ3n) is 1.29. The van der Waals surface area contributed by atoms with Crippen LogP contribution in [0, 0.1) is 0 Å². The molecule has 0 aliphatic rings. The van der Waals surface area contributed by atoms with Gasteiger partial charge in [0.05, 0.1) is 5.60 Å². The fourth-order valence-electron chi connectivity index (χ4n) is 1.00. The standard InChI is InChI=1S/C9H17N3O/c1-9(2,3)13-12(4)11-8-6-5-7-10-8/h5-7,10-11H,1-4H3. The lowest BCUT2D eigenvalue weighted by Gasteiger charge is -2.26. The molecule has 0 aromatic carbocycles. The molecule has 0 aliphatic carbocycles. The molecule has 0 fully saturated rings. The van der Waals surface area contributed by atoms with Gasteiger partial charge in [-0.2, -0.15) is 0 Å². The van der Waals surface area contributed by atoms with E-state index >= 15 is 0 Å². The Morgan fingerprint density at radius 2 is 2.15 bits per heavy atom. The van der Waals surface area contributed by atoms with Gasteiger partial charge in [-0.15, -0.1) is 5.17 Å². The number of H-pyrrole nitrogens is 1. The molecule has 0 amide bonds. The zero-order chi connectivity index (χ0) is 9.90. The molecule has 0 radical (unpaired) electrons. The Kier molecular flexibility index (Phi) is 2.95. The molecule has 0 saturated heterocycles. The second-order valence-corrected chi connectivity index (χ2v) is 3.90. The summed E-state index contributed by atoms with van der Waals surface area (Å²) in [7, 11) is 1.83. The highest BCUT2D eigenvalue weighted by Crippen LogP contribution is 2.10. The van der Waals surface area contributed by atoms with Crippen LogP contribution in [0.3, 0.4) is 0 Å². The van der Waals surface area contributed by atoms with Crippen LogP contribution in [0.4, 0.5) is 5.82 Å². The number of aromatic nitrogens is 1. The van der Waals surface area contributed by atoms with Crippen LogP contribution in [0.2, 0.25) is 0 Å². The maximum absolute atomic E-state index is 5.51. The Balaban J connectivity index is 2.38. The van der Waals surface area contributed by atoms with E-state index in [4.69, 9.17) is 4.84 Å². The molecule has 4 heteroatoms. The molecular formula is C9H17N3O. The minimum absolute atomic E-state index is 0.186. The average molecular weight is 183 g/mol. The van der Waals surface area contributed by atoms with Gasteiger partial charge in [0, 0.05) is 13.2 Å². The summed E-state index contributed by atoms with van der Waals surface area (Å²) >= 11 is 0. The predicted octanol–water partition coefficient (Wildman–Crippen LogP) is 2.00. The number of hydroxylamine groups is 1. The normalized spacial score (nSPS) is 12.1. The molecule has 0 spiro atoms. The van der Waals surface area contributed by atoms with Crippen LogP contribution in [-0.2, 0) is 4.84 Å². The highest BCUT2D eigenvalue weighted by molar-refractivity contribution is 5.32. The van der Waals surface area contributed by atoms with Crippen molar-refractivity contribution in [3.63, 3.8) is 0 Å². The second kappa shape index (κ2) is 3.81. The van der Waals surface area contributed by atoms with E-state index in [0.29, 0.717) is 0 Å². The van der Waals surface area contributed by atoms with E-state index in [-0.39, 0.29) is 5.60 Å². The van der Waals surface area contributed by atoms with Gasteiger partial charge in [0.15, 0.2) is 0 Å². The fraction of sp³-hybridized carbons (Fsp3) is 0.556. The predicted molar refractivity (Wildman–Crippen MR) is 53.0 cm³/mol. The SMILES string of the molecule is CN(Nc1ccc[nH]1)OC(C)(C)C. The van der Waals surface area contributed by atoms with Crippen molar-refractivity contribution >= 4 is 5.82 Å². The maximum Gasteiger partial charge on any atom is 0.119 e. The third kappa shape index (κ3) is 3.96. The van der Waals surface area contributed by atoms with Crippen LogP contribution in [0.1, 0.15) is 20.8 Å². The topological polar surface area (TPSA) is 40.3 Å². The third-order valence-corrected chi connectivity index (χ3v) is 1.29. The minimum Gasteiger partial charge on any atom is -0.347 e. The molecule has 1 aromatic heterocycles. The van der Waals surface area contributed by atoms with E-state index in [9.17, 15) is 0 Å². The highest BCUT2D eigenvalue weighted by Gasteiger charge is 2.13. The fourth-order valence-corrected chi connectivity index (χ4v) is 1.00. The van der Waals surface area contributed by atoms with Crippen LogP contribution in [0.5, 0.6) is 0 Å². The summed E-state index contributed by atoms with van der Waals surface area (Å²) in [6, 6.07) is 3.86. The number of nitrogens with one attached hydrogen (secondary N) is 2. The summed E-state index contributed by atoms with van der Waals surface area (Å²) in [6.07, 6.45) is 1.85. The zero-order valence-corrected chi connectivity index (χ0v) is 8.59.